The van der Waals surface area contributed by atoms with Gasteiger partial charge in [0, 0.05) is 7.05 Å². The first-order valence-corrected chi connectivity index (χ1v) is 3.09. The van der Waals surface area contributed by atoms with Crippen molar-refractivity contribution in [2.24, 2.45) is 0 Å². The van der Waals surface area contributed by atoms with E-state index in [0.29, 0.717) is 13.0 Å². The summed E-state index contributed by atoms with van der Waals surface area (Å²) >= 11 is 0. The molecule has 0 N–H and O–H groups in total. The monoisotopic (exact) mass is 143 g/mol. The van der Waals surface area contributed by atoms with Gasteiger partial charge in [-0.15, -0.1) is 0 Å². The van der Waals surface area contributed by atoms with Gasteiger partial charge in [-0.1, -0.05) is 0 Å². The fourth-order valence-electron chi connectivity index (χ4n) is 0.723. The van der Waals surface area contributed by atoms with Crippen molar-refractivity contribution in [1.82, 2.24) is 4.90 Å². The molecule has 1 aliphatic rings. The number of rotatable bonds is 0. The molecule has 56 valence electrons. The highest BCUT2D eigenvalue weighted by Gasteiger charge is 2.19. The molecule has 0 spiro atoms. The molecule has 0 bridgehead atoms. The Hall–Kier alpha value is -0.900. The lowest BCUT2D eigenvalue weighted by atomic mass is 10.4. The van der Waals surface area contributed by atoms with Crippen molar-refractivity contribution >= 4 is 11.8 Å². The van der Waals surface area contributed by atoms with Gasteiger partial charge in [0.25, 0.3) is 5.91 Å². The van der Waals surface area contributed by atoms with Gasteiger partial charge in [0.15, 0.2) is 0 Å². The van der Waals surface area contributed by atoms with E-state index in [-0.39, 0.29) is 18.4 Å². The Morgan fingerprint density at radius 2 is 2.10 bits per heavy atom. The van der Waals surface area contributed by atoms with Gasteiger partial charge in [0.1, 0.15) is 6.61 Å². The van der Waals surface area contributed by atoms with E-state index in [1.165, 1.54) is 7.05 Å². The third-order valence-corrected chi connectivity index (χ3v) is 1.43. The molecule has 2 amide bonds. The number of hydrogen-bond acceptors (Lipinski definition) is 3. The first kappa shape index (κ1) is 7.21. The van der Waals surface area contributed by atoms with Crippen LogP contribution in [0.3, 0.4) is 0 Å². The van der Waals surface area contributed by atoms with Crippen LogP contribution in [0.1, 0.15) is 6.42 Å². The molecule has 0 aliphatic carbocycles. The van der Waals surface area contributed by atoms with Crippen molar-refractivity contribution in [3.63, 3.8) is 0 Å². The van der Waals surface area contributed by atoms with Crippen LogP contribution in [-0.2, 0) is 14.3 Å². The van der Waals surface area contributed by atoms with Crippen molar-refractivity contribution in [3.8, 4) is 0 Å². The minimum absolute atomic E-state index is 0.0300. The average Bonchev–Trinajstić information content (AvgIpc) is 2.04. The van der Waals surface area contributed by atoms with Gasteiger partial charge in [-0.2, -0.15) is 0 Å². The Morgan fingerprint density at radius 3 is 2.80 bits per heavy atom. The van der Waals surface area contributed by atoms with Crippen LogP contribution in [-0.4, -0.2) is 37.0 Å². The summed E-state index contributed by atoms with van der Waals surface area (Å²) in [4.78, 5) is 22.8. The topological polar surface area (TPSA) is 46.6 Å². The summed E-state index contributed by atoms with van der Waals surface area (Å²) < 4.78 is 4.84. The van der Waals surface area contributed by atoms with Crippen molar-refractivity contribution in [3.05, 3.63) is 0 Å². The van der Waals surface area contributed by atoms with Gasteiger partial charge in [0.2, 0.25) is 5.91 Å². The Balaban J connectivity index is 2.64. The lowest BCUT2D eigenvalue weighted by molar-refractivity contribution is -0.142. The third-order valence-electron chi connectivity index (χ3n) is 1.43. The van der Waals surface area contributed by atoms with Crippen LogP contribution >= 0.6 is 0 Å². The third kappa shape index (κ3) is 1.33. The maximum Gasteiger partial charge on any atom is 0.254 e. The van der Waals surface area contributed by atoms with Gasteiger partial charge < -0.3 is 4.74 Å². The van der Waals surface area contributed by atoms with E-state index in [4.69, 9.17) is 4.74 Å². The molecule has 1 fully saturated rings. The molecule has 0 aromatic rings. The second-order valence-corrected chi connectivity index (χ2v) is 2.15. The molecule has 0 atom stereocenters. The minimum Gasteiger partial charge on any atom is -0.371 e. The van der Waals surface area contributed by atoms with Crippen LogP contribution in [0.5, 0.6) is 0 Å². The number of likely N-dealkylation sites (N-methyl/N-ethyl adjacent to an activating group) is 1. The molecule has 1 saturated heterocycles. The quantitative estimate of drug-likeness (QED) is 0.425. The van der Waals surface area contributed by atoms with E-state index in [1.54, 1.807) is 0 Å². The van der Waals surface area contributed by atoms with Crippen molar-refractivity contribution in [2.75, 3.05) is 20.3 Å². The van der Waals surface area contributed by atoms with Crippen LogP contribution in [0.15, 0.2) is 0 Å². The molecule has 4 nitrogen and oxygen atoms in total. The molecule has 1 rings (SSSR count). The number of hydrogen-bond donors (Lipinski definition) is 0. The van der Waals surface area contributed by atoms with Crippen molar-refractivity contribution in [2.45, 2.75) is 6.42 Å². The molecular weight excluding hydrogens is 134 g/mol. The Morgan fingerprint density at radius 1 is 1.40 bits per heavy atom. The van der Waals surface area contributed by atoms with Gasteiger partial charge >= 0.3 is 0 Å². The summed E-state index contributed by atoms with van der Waals surface area (Å²) in [6, 6.07) is 0. The molecule has 10 heavy (non-hydrogen) atoms. The maximum absolute atomic E-state index is 10.8. The van der Waals surface area contributed by atoms with E-state index in [9.17, 15) is 9.59 Å². The lowest BCUT2D eigenvalue weighted by Gasteiger charge is -2.09. The zero-order chi connectivity index (χ0) is 7.56. The number of carbonyl (C=O) groups excluding carboxylic acids is 2. The highest BCUT2D eigenvalue weighted by molar-refractivity contribution is 5.96. The second-order valence-electron chi connectivity index (χ2n) is 2.15. The van der Waals surface area contributed by atoms with Gasteiger partial charge in [-0.25, -0.2) is 0 Å². The molecule has 0 unspecified atom stereocenters. The summed E-state index contributed by atoms with van der Waals surface area (Å²) in [7, 11) is 1.47. The van der Waals surface area contributed by atoms with E-state index in [0.717, 1.165) is 4.90 Å². The number of carbonyl (C=O) groups is 2. The molecule has 1 aliphatic heterocycles. The van der Waals surface area contributed by atoms with Gasteiger partial charge in [0.05, 0.1) is 13.0 Å². The first-order chi connectivity index (χ1) is 4.72. The first-order valence-electron chi connectivity index (χ1n) is 3.09. The fourth-order valence-corrected chi connectivity index (χ4v) is 0.723. The zero-order valence-corrected chi connectivity index (χ0v) is 5.79. The SMILES string of the molecule is CN1C(=O)CCOCC1=O. The van der Waals surface area contributed by atoms with Crippen molar-refractivity contribution in [1.29, 1.82) is 0 Å². The van der Waals surface area contributed by atoms with Crippen LogP contribution in [0.2, 0.25) is 0 Å². The summed E-state index contributed by atoms with van der Waals surface area (Å²) in [6.07, 6.45) is 0.308. The number of imide groups is 1. The predicted molar refractivity (Wildman–Crippen MR) is 33.2 cm³/mol. The fraction of sp³-hybridized carbons (Fsp3) is 0.667. The normalized spacial score (nSPS) is 21.1. The average molecular weight is 143 g/mol. The number of amides is 2. The molecule has 1 heterocycles. The van der Waals surface area contributed by atoms with E-state index < -0.39 is 0 Å². The van der Waals surface area contributed by atoms with Gasteiger partial charge in [-0.3, -0.25) is 14.5 Å². The number of nitrogens with zero attached hydrogens (tertiary/aromatic N) is 1. The zero-order valence-electron chi connectivity index (χ0n) is 5.79. The van der Waals surface area contributed by atoms with E-state index in [1.807, 2.05) is 0 Å². The lowest BCUT2D eigenvalue weighted by Crippen LogP contribution is -2.32. The van der Waals surface area contributed by atoms with Gasteiger partial charge in [-0.05, 0) is 0 Å². The Kier molecular flexibility index (Phi) is 2.01. The summed E-state index contributed by atoms with van der Waals surface area (Å²) in [5.74, 6) is -0.426. The molecule has 0 aromatic carbocycles. The number of ether oxygens (including phenoxy) is 1. The highest BCUT2D eigenvalue weighted by Crippen LogP contribution is 1.98. The molecule has 4 heteroatoms. The standard InChI is InChI=1S/C6H9NO3/c1-7-5(8)2-3-10-4-6(7)9/h2-4H2,1H3. The molecule has 0 saturated carbocycles. The summed E-state index contributed by atoms with van der Waals surface area (Å²) in [5, 5.41) is 0. The van der Waals surface area contributed by atoms with Crippen LogP contribution < -0.4 is 0 Å². The van der Waals surface area contributed by atoms with Crippen molar-refractivity contribution < 1.29 is 14.3 Å². The summed E-state index contributed by atoms with van der Waals surface area (Å²) in [6.45, 7) is 0.386. The smallest absolute Gasteiger partial charge is 0.254 e. The Bertz CT molecular complexity index is 148. The van der Waals surface area contributed by atoms with Crippen LogP contribution in [0.25, 0.3) is 0 Å². The molecular formula is C6H9NO3. The molecule has 0 aromatic heterocycles. The van der Waals surface area contributed by atoms with E-state index in [2.05, 4.69) is 0 Å². The Labute approximate surface area is 58.8 Å². The predicted octanol–water partition coefficient (Wildman–Crippen LogP) is -0.608. The summed E-state index contributed by atoms with van der Waals surface area (Å²) in [5.41, 5.74) is 0. The van der Waals surface area contributed by atoms with Crippen LogP contribution in [0, 0.1) is 0 Å². The van der Waals surface area contributed by atoms with Crippen LogP contribution in [0.4, 0.5) is 0 Å². The maximum atomic E-state index is 10.8. The largest absolute Gasteiger partial charge is 0.371 e. The minimum atomic E-state index is -0.262. The van der Waals surface area contributed by atoms with E-state index >= 15 is 0 Å². The highest BCUT2D eigenvalue weighted by atomic mass is 16.5. The molecule has 0 radical (unpaired) electrons. The second kappa shape index (κ2) is 2.79.